The van der Waals surface area contributed by atoms with Crippen LogP contribution in [0, 0.1) is 0 Å². The average molecular weight is 359 g/mol. The minimum absolute atomic E-state index is 0.220. The van der Waals surface area contributed by atoms with Gasteiger partial charge in [0, 0.05) is 35.2 Å². The fourth-order valence-electron chi connectivity index (χ4n) is 1.92. The standard InChI is InChI=1S/C14H11BrN6O/c1-21-13(18-19-20-21)9-2-4-12(5-3-9)17-14(22)10-6-11(15)8-16-7-10/h2-8H,1H3,(H,17,22). The zero-order valence-corrected chi connectivity index (χ0v) is 13.1. The number of nitrogens with one attached hydrogen (secondary N) is 1. The van der Waals surface area contributed by atoms with Gasteiger partial charge >= 0.3 is 0 Å². The molecule has 1 aromatic carbocycles. The van der Waals surface area contributed by atoms with Crippen molar-refractivity contribution in [3.8, 4) is 11.4 Å². The number of hydrogen-bond donors (Lipinski definition) is 1. The quantitative estimate of drug-likeness (QED) is 0.776. The number of amides is 1. The smallest absolute Gasteiger partial charge is 0.257 e. The fraction of sp³-hybridized carbons (Fsp3) is 0.0714. The molecule has 7 nitrogen and oxygen atoms in total. The summed E-state index contributed by atoms with van der Waals surface area (Å²) < 4.78 is 2.34. The molecule has 0 unspecified atom stereocenters. The highest BCUT2D eigenvalue weighted by Crippen LogP contribution is 2.19. The van der Waals surface area contributed by atoms with Crippen molar-refractivity contribution < 1.29 is 4.79 Å². The van der Waals surface area contributed by atoms with Crippen molar-refractivity contribution in [1.82, 2.24) is 25.2 Å². The van der Waals surface area contributed by atoms with E-state index in [1.807, 2.05) is 12.1 Å². The lowest BCUT2D eigenvalue weighted by molar-refractivity contribution is 0.102. The summed E-state index contributed by atoms with van der Waals surface area (Å²) in [6, 6.07) is 9.00. The number of aromatic nitrogens is 5. The first-order valence-electron chi connectivity index (χ1n) is 6.38. The van der Waals surface area contributed by atoms with Gasteiger partial charge in [-0.25, -0.2) is 4.68 Å². The van der Waals surface area contributed by atoms with Crippen LogP contribution in [0.3, 0.4) is 0 Å². The van der Waals surface area contributed by atoms with Crippen molar-refractivity contribution in [3.63, 3.8) is 0 Å². The van der Waals surface area contributed by atoms with Crippen molar-refractivity contribution in [3.05, 3.63) is 52.8 Å². The summed E-state index contributed by atoms with van der Waals surface area (Å²) in [5, 5.41) is 14.1. The number of benzene rings is 1. The molecule has 0 bridgehead atoms. The van der Waals surface area contributed by atoms with E-state index in [0.29, 0.717) is 17.1 Å². The predicted molar refractivity (Wildman–Crippen MR) is 84.1 cm³/mol. The maximum absolute atomic E-state index is 12.1. The van der Waals surface area contributed by atoms with E-state index in [4.69, 9.17) is 0 Å². The van der Waals surface area contributed by atoms with Crippen LogP contribution in [0.1, 0.15) is 10.4 Å². The zero-order valence-electron chi connectivity index (χ0n) is 11.6. The maximum atomic E-state index is 12.1. The molecule has 0 saturated heterocycles. The Labute approximate surface area is 134 Å². The number of rotatable bonds is 3. The Bertz CT molecular complexity index is 814. The second-order valence-electron chi connectivity index (χ2n) is 4.55. The first-order chi connectivity index (χ1) is 10.6. The molecule has 0 aliphatic carbocycles. The first kappa shape index (κ1) is 14.3. The molecule has 110 valence electrons. The van der Waals surface area contributed by atoms with Crippen LogP contribution < -0.4 is 5.32 Å². The summed E-state index contributed by atoms with van der Waals surface area (Å²) in [4.78, 5) is 16.1. The van der Waals surface area contributed by atoms with Gasteiger partial charge in [-0.2, -0.15) is 0 Å². The maximum Gasteiger partial charge on any atom is 0.257 e. The van der Waals surface area contributed by atoms with Crippen LogP contribution in [0.4, 0.5) is 5.69 Å². The SMILES string of the molecule is Cn1nnnc1-c1ccc(NC(=O)c2cncc(Br)c2)cc1. The van der Waals surface area contributed by atoms with Crippen LogP contribution in [0.15, 0.2) is 47.2 Å². The minimum atomic E-state index is -0.220. The van der Waals surface area contributed by atoms with Gasteiger partial charge in [0.15, 0.2) is 5.82 Å². The van der Waals surface area contributed by atoms with Crippen LogP contribution in [0.5, 0.6) is 0 Å². The second-order valence-corrected chi connectivity index (χ2v) is 5.47. The van der Waals surface area contributed by atoms with Crippen molar-refractivity contribution >= 4 is 27.5 Å². The van der Waals surface area contributed by atoms with Crippen LogP contribution in [-0.2, 0) is 7.05 Å². The van der Waals surface area contributed by atoms with Gasteiger partial charge in [-0.3, -0.25) is 9.78 Å². The van der Waals surface area contributed by atoms with Crippen molar-refractivity contribution in [2.45, 2.75) is 0 Å². The van der Waals surface area contributed by atoms with Crippen LogP contribution in [0.25, 0.3) is 11.4 Å². The third-order valence-corrected chi connectivity index (χ3v) is 3.42. The summed E-state index contributed by atoms with van der Waals surface area (Å²) in [5.41, 5.74) is 2.04. The molecule has 0 aliphatic heterocycles. The van der Waals surface area contributed by atoms with Gasteiger partial charge in [-0.1, -0.05) is 0 Å². The number of anilines is 1. The van der Waals surface area contributed by atoms with Crippen LogP contribution >= 0.6 is 15.9 Å². The van der Waals surface area contributed by atoms with Crippen LogP contribution in [0.2, 0.25) is 0 Å². The van der Waals surface area contributed by atoms with Crippen molar-refractivity contribution in [2.24, 2.45) is 7.05 Å². The van der Waals surface area contributed by atoms with E-state index in [0.717, 1.165) is 10.0 Å². The summed E-state index contributed by atoms with van der Waals surface area (Å²) in [7, 11) is 1.77. The number of aryl methyl sites for hydroxylation is 1. The average Bonchev–Trinajstić information content (AvgIpc) is 2.94. The molecule has 2 aromatic heterocycles. The van der Waals surface area contributed by atoms with Gasteiger partial charge in [0.25, 0.3) is 5.91 Å². The fourth-order valence-corrected chi connectivity index (χ4v) is 2.28. The van der Waals surface area contributed by atoms with Gasteiger partial charge in [-0.15, -0.1) is 5.10 Å². The molecule has 0 fully saturated rings. The van der Waals surface area contributed by atoms with E-state index in [-0.39, 0.29) is 5.91 Å². The molecule has 3 aromatic rings. The summed E-state index contributed by atoms with van der Waals surface area (Å²) >= 11 is 3.29. The van der Waals surface area contributed by atoms with Crippen molar-refractivity contribution in [2.75, 3.05) is 5.32 Å². The monoisotopic (exact) mass is 358 g/mol. The number of hydrogen-bond acceptors (Lipinski definition) is 5. The highest BCUT2D eigenvalue weighted by Gasteiger charge is 2.09. The number of halogens is 1. The lowest BCUT2D eigenvalue weighted by Crippen LogP contribution is -2.12. The van der Waals surface area contributed by atoms with E-state index >= 15 is 0 Å². The molecule has 0 radical (unpaired) electrons. The van der Waals surface area contributed by atoms with Gasteiger partial charge < -0.3 is 5.32 Å². The molecule has 0 saturated carbocycles. The third kappa shape index (κ3) is 3.01. The molecule has 0 aliphatic rings. The lowest BCUT2D eigenvalue weighted by Gasteiger charge is -2.06. The van der Waals surface area contributed by atoms with E-state index < -0.39 is 0 Å². The second kappa shape index (κ2) is 6.02. The normalized spacial score (nSPS) is 10.5. The molecule has 3 rings (SSSR count). The number of tetrazole rings is 1. The van der Waals surface area contributed by atoms with Gasteiger partial charge in [0.05, 0.1) is 5.56 Å². The lowest BCUT2D eigenvalue weighted by atomic mass is 10.2. The Morgan fingerprint density at radius 1 is 1.23 bits per heavy atom. The number of pyridine rings is 1. The van der Waals surface area contributed by atoms with E-state index in [2.05, 4.69) is 41.8 Å². The van der Waals surface area contributed by atoms with E-state index in [1.165, 1.54) is 6.20 Å². The van der Waals surface area contributed by atoms with Gasteiger partial charge in [0.2, 0.25) is 0 Å². The van der Waals surface area contributed by atoms with Gasteiger partial charge in [0.1, 0.15) is 0 Å². The highest BCUT2D eigenvalue weighted by molar-refractivity contribution is 9.10. The number of carbonyl (C=O) groups is 1. The number of nitrogens with zero attached hydrogens (tertiary/aromatic N) is 5. The summed E-state index contributed by atoms with van der Waals surface area (Å²) in [6.45, 7) is 0. The first-order valence-corrected chi connectivity index (χ1v) is 7.17. The van der Waals surface area contributed by atoms with E-state index in [1.54, 1.807) is 36.1 Å². The Kier molecular flexibility index (Phi) is 3.92. The molecule has 2 heterocycles. The number of carbonyl (C=O) groups excluding carboxylic acids is 1. The molecule has 22 heavy (non-hydrogen) atoms. The van der Waals surface area contributed by atoms with Gasteiger partial charge in [-0.05, 0) is 56.7 Å². The summed E-state index contributed by atoms with van der Waals surface area (Å²) in [5.74, 6) is 0.441. The van der Waals surface area contributed by atoms with Crippen molar-refractivity contribution in [1.29, 1.82) is 0 Å². The Balaban J connectivity index is 1.76. The Hall–Kier alpha value is -2.61. The minimum Gasteiger partial charge on any atom is -0.322 e. The largest absolute Gasteiger partial charge is 0.322 e. The molecule has 1 amide bonds. The third-order valence-electron chi connectivity index (χ3n) is 2.99. The summed E-state index contributed by atoms with van der Waals surface area (Å²) in [6.07, 6.45) is 3.14. The van der Waals surface area contributed by atoms with E-state index in [9.17, 15) is 4.79 Å². The highest BCUT2D eigenvalue weighted by atomic mass is 79.9. The molecule has 0 spiro atoms. The topological polar surface area (TPSA) is 85.6 Å². The Morgan fingerprint density at radius 3 is 2.64 bits per heavy atom. The predicted octanol–water partition coefficient (Wildman–Crippen LogP) is 2.29. The zero-order chi connectivity index (χ0) is 15.5. The molecule has 1 N–H and O–H groups in total. The van der Waals surface area contributed by atoms with Crippen LogP contribution in [-0.4, -0.2) is 31.1 Å². The molecular weight excluding hydrogens is 348 g/mol. The molecule has 8 heteroatoms. The molecular formula is C14H11BrN6O. The Morgan fingerprint density at radius 2 is 2.00 bits per heavy atom. The molecule has 0 atom stereocenters.